The molecular formula is C22H22F4O6. The number of phenolic OH excluding ortho intramolecular Hbond substituents is 2. The van der Waals surface area contributed by atoms with Crippen molar-refractivity contribution >= 4 is 11.9 Å². The van der Waals surface area contributed by atoms with E-state index in [1.165, 1.54) is 0 Å². The predicted molar refractivity (Wildman–Crippen MR) is 104 cm³/mol. The molecule has 32 heavy (non-hydrogen) atoms. The fourth-order valence-corrected chi connectivity index (χ4v) is 2.81. The molecule has 2 aromatic carbocycles. The molecular weight excluding hydrogens is 436 g/mol. The Hall–Kier alpha value is -3.30. The smallest absolute Gasteiger partial charge is 0.311 e. The Morgan fingerprint density at radius 3 is 1.19 bits per heavy atom. The minimum Gasteiger partial charge on any atom is -0.503 e. The normalized spacial score (nSPS) is 10.8. The van der Waals surface area contributed by atoms with Crippen LogP contribution in [0.2, 0.25) is 0 Å². The molecule has 0 heterocycles. The highest BCUT2D eigenvalue weighted by Gasteiger charge is 2.14. The first-order valence-corrected chi connectivity index (χ1v) is 9.94. The van der Waals surface area contributed by atoms with E-state index in [0.717, 1.165) is 37.1 Å². The number of aromatic hydroxyl groups is 2. The lowest BCUT2D eigenvalue weighted by molar-refractivity contribution is -0.135. The van der Waals surface area contributed by atoms with E-state index in [1.807, 2.05) is 0 Å². The van der Waals surface area contributed by atoms with E-state index < -0.39 is 46.7 Å². The van der Waals surface area contributed by atoms with Gasteiger partial charge in [0.1, 0.15) is 11.5 Å². The molecule has 2 N–H and O–H groups in total. The third-order valence-electron chi connectivity index (χ3n) is 4.46. The van der Waals surface area contributed by atoms with Crippen LogP contribution < -0.4 is 9.47 Å². The first-order valence-electron chi connectivity index (χ1n) is 9.94. The zero-order valence-corrected chi connectivity index (χ0v) is 17.0. The van der Waals surface area contributed by atoms with E-state index in [9.17, 15) is 27.2 Å². The van der Waals surface area contributed by atoms with Gasteiger partial charge in [0.25, 0.3) is 0 Å². The second-order valence-corrected chi connectivity index (χ2v) is 7.04. The van der Waals surface area contributed by atoms with Gasteiger partial charge in [-0.25, -0.2) is 17.6 Å². The molecule has 2 aromatic rings. The quantitative estimate of drug-likeness (QED) is 0.206. The van der Waals surface area contributed by atoms with Gasteiger partial charge in [0.15, 0.2) is 34.8 Å². The van der Waals surface area contributed by atoms with Crippen LogP contribution >= 0.6 is 0 Å². The number of unbranched alkanes of at least 4 members (excludes halogenated alkanes) is 5. The molecule has 0 fully saturated rings. The Kier molecular flexibility index (Phi) is 9.30. The average molecular weight is 458 g/mol. The summed E-state index contributed by atoms with van der Waals surface area (Å²) in [6.45, 7) is 0. The van der Waals surface area contributed by atoms with Gasteiger partial charge in [-0.1, -0.05) is 25.7 Å². The maximum Gasteiger partial charge on any atom is 0.311 e. The van der Waals surface area contributed by atoms with Gasteiger partial charge in [0.2, 0.25) is 0 Å². The first-order chi connectivity index (χ1) is 15.2. The lowest BCUT2D eigenvalue weighted by Gasteiger charge is -2.07. The maximum absolute atomic E-state index is 13.2. The monoisotopic (exact) mass is 458 g/mol. The standard InChI is InChI=1S/C22H22F4O6/c23-15-9-13(10-16(24)21(15)29)31-19(27)7-5-3-1-2-4-6-8-20(28)32-14-11-17(25)22(30)18(26)12-14/h9-12,29-30H,1-8H2. The number of ether oxygens (including phenoxy) is 2. The number of carbonyl (C=O) groups is 2. The minimum absolute atomic E-state index is 0.0518. The van der Waals surface area contributed by atoms with E-state index in [0.29, 0.717) is 25.7 Å². The van der Waals surface area contributed by atoms with Gasteiger partial charge in [0.05, 0.1) is 0 Å². The van der Waals surface area contributed by atoms with Crippen molar-refractivity contribution in [3.8, 4) is 23.0 Å². The molecule has 0 bridgehead atoms. The van der Waals surface area contributed by atoms with Gasteiger partial charge in [-0.15, -0.1) is 0 Å². The SMILES string of the molecule is O=C(CCCCCCCCC(=O)Oc1cc(F)c(O)c(F)c1)Oc1cc(F)c(O)c(F)c1. The summed E-state index contributed by atoms with van der Waals surface area (Å²) in [7, 11) is 0. The van der Waals surface area contributed by atoms with Crippen LogP contribution in [0.5, 0.6) is 23.0 Å². The van der Waals surface area contributed by atoms with Gasteiger partial charge in [0, 0.05) is 37.1 Å². The molecule has 0 atom stereocenters. The highest BCUT2D eigenvalue weighted by molar-refractivity contribution is 5.72. The Morgan fingerprint density at radius 2 is 0.875 bits per heavy atom. The molecule has 0 aliphatic heterocycles. The summed E-state index contributed by atoms with van der Waals surface area (Å²) in [4.78, 5) is 23.4. The fourth-order valence-electron chi connectivity index (χ4n) is 2.81. The van der Waals surface area contributed by atoms with E-state index in [4.69, 9.17) is 19.7 Å². The molecule has 0 radical (unpaired) electrons. The van der Waals surface area contributed by atoms with Gasteiger partial charge in [-0.3, -0.25) is 9.59 Å². The number of esters is 2. The van der Waals surface area contributed by atoms with Crippen LogP contribution in [0.3, 0.4) is 0 Å². The Labute approximate surface area is 181 Å². The van der Waals surface area contributed by atoms with Crippen molar-refractivity contribution in [2.24, 2.45) is 0 Å². The molecule has 174 valence electrons. The molecule has 10 heteroatoms. The van der Waals surface area contributed by atoms with Crippen molar-refractivity contribution in [2.45, 2.75) is 51.4 Å². The summed E-state index contributed by atoms with van der Waals surface area (Å²) in [6, 6.07) is 2.87. The zero-order chi connectivity index (χ0) is 23.7. The van der Waals surface area contributed by atoms with Crippen LogP contribution in [-0.4, -0.2) is 22.2 Å². The zero-order valence-electron chi connectivity index (χ0n) is 17.0. The van der Waals surface area contributed by atoms with Gasteiger partial charge in [-0.05, 0) is 12.8 Å². The molecule has 0 spiro atoms. The van der Waals surface area contributed by atoms with Crippen molar-refractivity contribution in [3.05, 3.63) is 47.5 Å². The Morgan fingerprint density at radius 1 is 0.594 bits per heavy atom. The molecule has 0 saturated heterocycles. The largest absolute Gasteiger partial charge is 0.503 e. The summed E-state index contributed by atoms with van der Waals surface area (Å²) in [5.74, 6) is -9.13. The number of halogens is 4. The number of phenols is 2. The van der Waals surface area contributed by atoms with Crippen molar-refractivity contribution < 1.29 is 46.8 Å². The van der Waals surface area contributed by atoms with Crippen molar-refractivity contribution in [1.82, 2.24) is 0 Å². The lowest BCUT2D eigenvalue weighted by Crippen LogP contribution is -2.08. The Balaban J connectivity index is 1.55. The number of benzene rings is 2. The molecule has 0 unspecified atom stereocenters. The number of hydrogen-bond donors (Lipinski definition) is 2. The predicted octanol–water partition coefficient (Wildman–Crippen LogP) is 5.29. The van der Waals surface area contributed by atoms with Gasteiger partial charge in [-0.2, -0.15) is 0 Å². The third-order valence-corrected chi connectivity index (χ3v) is 4.46. The van der Waals surface area contributed by atoms with Gasteiger partial charge >= 0.3 is 11.9 Å². The average Bonchev–Trinajstić information content (AvgIpc) is 2.72. The summed E-state index contributed by atoms with van der Waals surface area (Å²) in [5.41, 5.74) is 0. The second-order valence-electron chi connectivity index (χ2n) is 7.04. The topological polar surface area (TPSA) is 93.1 Å². The summed E-state index contributed by atoms with van der Waals surface area (Å²) >= 11 is 0. The summed E-state index contributed by atoms with van der Waals surface area (Å²) in [6.07, 6.45) is 4.06. The second kappa shape index (κ2) is 11.9. The minimum atomic E-state index is -1.22. The number of rotatable bonds is 11. The maximum atomic E-state index is 13.2. The van der Waals surface area contributed by atoms with Crippen LogP contribution in [0, 0.1) is 23.3 Å². The molecule has 2 rings (SSSR count). The van der Waals surface area contributed by atoms with Crippen LogP contribution in [-0.2, 0) is 9.59 Å². The summed E-state index contributed by atoms with van der Waals surface area (Å²) in [5, 5.41) is 18.0. The van der Waals surface area contributed by atoms with Crippen molar-refractivity contribution in [3.63, 3.8) is 0 Å². The van der Waals surface area contributed by atoms with Crippen LogP contribution in [0.1, 0.15) is 51.4 Å². The fraction of sp³-hybridized carbons (Fsp3) is 0.364. The highest BCUT2D eigenvalue weighted by Crippen LogP contribution is 2.27. The molecule has 0 aliphatic rings. The molecule has 0 saturated carbocycles. The van der Waals surface area contributed by atoms with Gasteiger partial charge < -0.3 is 19.7 Å². The van der Waals surface area contributed by atoms with Crippen molar-refractivity contribution in [2.75, 3.05) is 0 Å². The lowest BCUT2D eigenvalue weighted by atomic mass is 10.1. The third kappa shape index (κ3) is 7.75. The van der Waals surface area contributed by atoms with Crippen LogP contribution in [0.15, 0.2) is 24.3 Å². The molecule has 0 aliphatic carbocycles. The Bertz CT molecular complexity index is 840. The first kappa shape index (κ1) is 25.0. The molecule has 6 nitrogen and oxygen atoms in total. The highest BCUT2D eigenvalue weighted by atomic mass is 19.1. The van der Waals surface area contributed by atoms with Crippen molar-refractivity contribution in [1.29, 1.82) is 0 Å². The van der Waals surface area contributed by atoms with E-state index >= 15 is 0 Å². The van der Waals surface area contributed by atoms with Crippen LogP contribution in [0.25, 0.3) is 0 Å². The number of carbonyl (C=O) groups excluding carboxylic acids is 2. The molecule has 0 aromatic heterocycles. The van der Waals surface area contributed by atoms with Crippen LogP contribution in [0.4, 0.5) is 17.6 Å². The van der Waals surface area contributed by atoms with E-state index in [1.54, 1.807) is 0 Å². The number of hydrogen-bond acceptors (Lipinski definition) is 6. The summed E-state index contributed by atoms with van der Waals surface area (Å²) < 4.78 is 62.5. The van der Waals surface area contributed by atoms with E-state index in [-0.39, 0.29) is 24.3 Å². The van der Waals surface area contributed by atoms with E-state index in [2.05, 4.69) is 0 Å². The molecule has 0 amide bonds.